The number of aliphatic hydroxyl groups is 1. The highest BCUT2D eigenvalue weighted by Gasteiger charge is 2.20. The number of anilines is 2. The van der Waals surface area contributed by atoms with Crippen LogP contribution in [0.25, 0.3) is 0 Å². The summed E-state index contributed by atoms with van der Waals surface area (Å²) in [5.41, 5.74) is -0.996. The SMILES string of the molecule is O=C(Nc1ccc(NCCCO)nc1)c1cc([N+](=O)[O-])cc([N+](=O)[O-])c1. The Labute approximate surface area is 147 Å². The van der Waals surface area contributed by atoms with Crippen LogP contribution in [0, 0.1) is 20.2 Å². The fourth-order valence-corrected chi connectivity index (χ4v) is 2.01. The standard InChI is InChI=1S/C15H15N5O6/c21-5-1-4-16-14-3-2-11(9-17-14)18-15(22)10-6-12(19(23)24)8-13(7-10)20(25)26/h2-3,6-9,21H,1,4-5H2,(H,16,17)(H,18,22). The molecule has 3 N–H and O–H groups in total. The highest BCUT2D eigenvalue weighted by atomic mass is 16.6. The number of carbonyl (C=O) groups is 1. The minimum Gasteiger partial charge on any atom is -0.396 e. The maximum Gasteiger partial charge on any atom is 0.277 e. The zero-order valence-electron chi connectivity index (χ0n) is 13.4. The summed E-state index contributed by atoms with van der Waals surface area (Å²) in [5.74, 6) is -0.193. The third-order valence-electron chi connectivity index (χ3n) is 3.25. The number of nitro groups is 2. The number of amides is 1. The lowest BCUT2D eigenvalue weighted by atomic mass is 10.1. The van der Waals surface area contributed by atoms with Crippen molar-refractivity contribution in [1.29, 1.82) is 0 Å². The normalized spacial score (nSPS) is 10.2. The van der Waals surface area contributed by atoms with Crippen molar-refractivity contribution in [2.45, 2.75) is 6.42 Å². The summed E-state index contributed by atoms with van der Waals surface area (Å²) < 4.78 is 0. The highest BCUT2D eigenvalue weighted by molar-refractivity contribution is 6.05. The summed E-state index contributed by atoms with van der Waals surface area (Å²) in [4.78, 5) is 36.4. The second-order valence-corrected chi connectivity index (χ2v) is 5.14. The molecule has 0 saturated heterocycles. The third-order valence-corrected chi connectivity index (χ3v) is 3.25. The Hall–Kier alpha value is -3.60. The van der Waals surface area contributed by atoms with E-state index in [1.54, 1.807) is 12.1 Å². The van der Waals surface area contributed by atoms with Gasteiger partial charge in [0.2, 0.25) is 0 Å². The van der Waals surface area contributed by atoms with Crippen molar-refractivity contribution in [3.05, 3.63) is 62.3 Å². The van der Waals surface area contributed by atoms with Crippen LogP contribution in [0.4, 0.5) is 22.9 Å². The van der Waals surface area contributed by atoms with E-state index in [4.69, 9.17) is 5.11 Å². The van der Waals surface area contributed by atoms with E-state index in [1.807, 2.05) is 0 Å². The largest absolute Gasteiger partial charge is 0.396 e. The Morgan fingerprint density at radius 2 is 1.77 bits per heavy atom. The van der Waals surface area contributed by atoms with Gasteiger partial charge in [-0.3, -0.25) is 25.0 Å². The van der Waals surface area contributed by atoms with Crippen molar-refractivity contribution in [2.24, 2.45) is 0 Å². The number of non-ortho nitro benzene ring substituents is 2. The summed E-state index contributed by atoms with van der Waals surface area (Å²) in [7, 11) is 0. The number of nitrogens with one attached hydrogen (secondary N) is 2. The lowest BCUT2D eigenvalue weighted by Crippen LogP contribution is -2.13. The van der Waals surface area contributed by atoms with E-state index in [9.17, 15) is 25.0 Å². The van der Waals surface area contributed by atoms with Crippen molar-refractivity contribution in [2.75, 3.05) is 23.8 Å². The maximum atomic E-state index is 12.2. The van der Waals surface area contributed by atoms with Crippen molar-refractivity contribution in [1.82, 2.24) is 4.98 Å². The molecule has 2 rings (SSSR count). The minimum atomic E-state index is -0.807. The first kappa shape index (κ1) is 18.7. The molecule has 11 nitrogen and oxygen atoms in total. The number of benzene rings is 1. The van der Waals surface area contributed by atoms with Crippen LogP contribution >= 0.6 is 0 Å². The van der Waals surface area contributed by atoms with Gasteiger partial charge in [-0.15, -0.1) is 0 Å². The molecule has 0 aliphatic carbocycles. The number of rotatable bonds is 8. The Morgan fingerprint density at radius 1 is 1.12 bits per heavy atom. The van der Waals surface area contributed by atoms with E-state index >= 15 is 0 Å². The van der Waals surface area contributed by atoms with Gasteiger partial charge in [0, 0.05) is 25.3 Å². The van der Waals surface area contributed by atoms with Crippen LogP contribution in [-0.2, 0) is 0 Å². The average molecular weight is 361 g/mol. The van der Waals surface area contributed by atoms with Gasteiger partial charge in [0.15, 0.2) is 0 Å². The van der Waals surface area contributed by atoms with Crippen molar-refractivity contribution < 1.29 is 19.7 Å². The Bertz CT molecular complexity index is 792. The molecule has 0 spiro atoms. The molecule has 1 aromatic heterocycles. The first-order chi connectivity index (χ1) is 12.4. The number of hydrogen-bond acceptors (Lipinski definition) is 8. The van der Waals surface area contributed by atoms with Gasteiger partial charge < -0.3 is 15.7 Å². The Morgan fingerprint density at radius 3 is 2.27 bits per heavy atom. The second kappa shape index (κ2) is 8.48. The predicted molar refractivity (Wildman–Crippen MR) is 92.1 cm³/mol. The number of carbonyl (C=O) groups excluding carboxylic acids is 1. The summed E-state index contributed by atoms with van der Waals surface area (Å²) >= 11 is 0. The van der Waals surface area contributed by atoms with E-state index in [1.165, 1.54) is 6.20 Å². The molecule has 1 amide bonds. The lowest BCUT2D eigenvalue weighted by Gasteiger charge is -2.07. The number of pyridine rings is 1. The average Bonchev–Trinajstić information content (AvgIpc) is 2.62. The van der Waals surface area contributed by atoms with E-state index in [2.05, 4.69) is 15.6 Å². The summed E-state index contributed by atoms with van der Waals surface area (Å²) in [6, 6.07) is 5.85. The fourth-order valence-electron chi connectivity index (χ4n) is 2.01. The van der Waals surface area contributed by atoms with Crippen molar-refractivity contribution in [3.63, 3.8) is 0 Å². The number of aliphatic hydroxyl groups excluding tert-OH is 1. The summed E-state index contributed by atoms with van der Waals surface area (Å²) in [6.07, 6.45) is 1.93. The topological polar surface area (TPSA) is 161 Å². The van der Waals surface area contributed by atoms with Gasteiger partial charge in [0.25, 0.3) is 17.3 Å². The van der Waals surface area contributed by atoms with E-state index in [0.717, 1.165) is 18.2 Å². The predicted octanol–water partition coefficient (Wildman–Crippen LogP) is 1.94. The van der Waals surface area contributed by atoms with E-state index < -0.39 is 27.1 Å². The molecule has 0 aliphatic rings. The van der Waals surface area contributed by atoms with Crippen LogP contribution < -0.4 is 10.6 Å². The van der Waals surface area contributed by atoms with Gasteiger partial charge in [0.1, 0.15) is 5.82 Å². The Kier molecular flexibility index (Phi) is 6.11. The monoisotopic (exact) mass is 361 g/mol. The molecule has 0 aliphatic heterocycles. The van der Waals surface area contributed by atoms with Crippen LogP contribution in [0.5, 0.6) is 0 Å². The smallest absolute Gasteiger partial charge is 0.277 e. The van der Waals surface area contributed by atoms with Gasteiger partial charge in [-0.25, -0.2) is 4.98 Å². The molecule has 0 unspecified atom stereocenters. The molecule has 26 heavy (non-hydrogen) atoms. The van der Waals surface area contributed by atoms with Gasteiger partial charge in [-0.1, -0.05) is 0 Å². The van der Waals surface area contributed by atoms with Gasteiger partial charge >= 0.3 is 0 Å². The lowest BCUT2D eigenvalue weighted by molar-refractivity contribution is -0.394. The van der Waals surface area contributed by atoms with Crippen LogP contribution in [0.2, 0.25) is 0 Å². The van der Waals surface area contributed by atoms with E-state index in [-0.39, 0.29) is 12.2 Å². The minimum absolute atomic E-state index is 0.0521. The summed E-state index contributed by atoms with van der Waals surface area (Å²) in [5, 5.41) is 35.9. The molecule has 0 atom stereocenters. The molecular weight excluding hydrogens is 346 g/mol. The fraction of sp³-hybridized carbons (Fsp3) is 0.200. The Balaban J connectivity index is 2.14. The molecule has 136 valence electrons. The van der Waals surface area contributed by atoms with Gasteiger partial charge in [-0.2, -0.15) is 0 Å². The first-order valence-electron chi connectivity index (χ1n) is 7.46. The molecule has 11 heteroatoms. The zero-order valence-corrected chi connectivity index (χ0v) is 13.4. The molecule has 0 radical (unpaired) electrons. The van der Waals surface area contributed by atoms with Crippen LogP contribution in [0.1, 0.15) is 16.8 Å². The second-order valence-electron chi connectivity index (χ2n) is 5.14. The maximum absolute atomic E-state index is 12.2. The molecule has 0 bridgehead atoms. The highest BCUT2D eigenvalue weighted by Crippen LogP contribution is 2.23. The van der Waals surface area contributed by atoms with Gasteiger partial charge in [-0.05, 0) is 18.6 Å². The molecule has 0 fully saturated rings. The molecule has 1 heterocycles. The number of hydrogen-bond donors (Lipinski definition) is 3. The van der Waals surface area contributed by atoms with Crippen LogP contribution in [0.3, 0.4) is 0 Å². The zero-order chi connectivity index (χ0) is 19.1. The molecule has 2 aromatic rings. The molecule has 1 aromatic carbocycles. The molecular formula is C15H15N5O6. The number of nitro benzene ring substituents is 2. The third kappa shape index (κ3) is 4.95. The number of nitrogens with zero attached hydrogens (tertiary/aromatic N) is 3. The molecule has 0 saturated carbocycles. The quantitative estimate of drug-likeness (QED) is 0.365. The van der Waals surface area contributed by atoms with Crippen LogP contribution in [0.15, 0.2) is 36.5 Å². The summed E-state index contributed by atoms with van der Waals surface area (Å²) in [6.45, 7) is 0.586. The van der Waals surface area contributed by atoms with Crippen molar-refractivity contribution >= 4 is 28.8 Å². The van der Waals surface area contributed by atoms with E-state index in [0.29, 0.717) is 24.5 Å². The van der Waals surface area contributed by atoms with Gasteiger partial charge in [0.05, 0.1) is 33.4 Å². The van der Waals surface area contributed by atoms with Crippen molar-refractivity contribution in [3.8, 4) is 0 Å². The first-order valence-corrected chi connectivity index (χ1v) is 7.46. The van der Waals surface area contributed by atoms with Crippen LogP contribution in [-0.4, -0.2) is 39.0 Å². The number of aromatic nitrogens is 1.